The number of hydrogen-bond donors (Lipinski definition) is 2. The molecule has 11 nitrogen and oxygen atoms in total. The van der Waals surface area contributed by atoms with Gasteiger partial charge in [-0.2, -0.15) is 28.1 Å². The minimum atomic E-state index is -4.74. The van der Waals surface area contributed by atoms with E-state index in [1.54, 1.807) is 0 Å². The molecule has 2 aliphatic heterocycles. The second-order valence-electron chi connectivity index (χ2n) is 7.46. The normalized spacial score (nSPS) is 18.2. The van der Waals surface area contributed by atoms with Crippen LogP contribution in [0.1, 0.15) is 5.69 Å². The van der Waals surface area contributed by atoms with Crippen molar-refractivity contribution in [2.24, 2.45) is 5.73 Å². The Hall–Kier alpha value is -2.84. The lowest BCUT2D eigenvalue weighted by Crippen LogP contribution is -2.48. The smallest absolute Gasteiger partial charge is 0.378 e. The summed E-state index contributed by atoms with van der Waals surface area (Å²) in [6, 6.07) is 0. The number of alkyl halides is 3. The van der Waals surface area contributed by atoms with Crippen LogP contribution in [0.5, 0.6) is 0 Å². The maximum absolute atomic E-state index is 13.7. The molecule has 2 aliphatic rings. The number of morpholine rings is 1. The number of halogens is 3. The van der Waals surface area contributed by atoms with E-state index in [4.69, 9.17) is 16.2 Å². The molecule has 2 aromatic heterocycles. The van der Waals surface area contributed by atoms with Gasteiger partial charge in [0.05, 0.1) is 18.8 Å². The summed E-state index contributed by atoms with van der Waals surface area (Å²) in [6.07, 6.45) is -3.74. The third-order valence-corrected chi connectivity index (χ3v) is 5.32. The van der Waals surface area contributed by atoms with E-state index in [9.17, 15) is 13.2 Å². The maximum Gasteiger partial charge on any atom is 0.434 e. The van der Waals surface area contributed by atoms with Crippen LogP contribution in [0.3, 0.4) is 0 Å². The molecule has 0 aromatic carbocycles. The summed E-state index contributed by atoms with van der Waals surface area (Å²) in [5, 5.41) is 0. The highest BCUT2D eigenvalue weighted by Gasteiger charge is 2.38. The number of aromatic nitrogens is 5. The van der Waals surface area contributed by atoms with Crippen LogP contribution in [0.25, 0.3) is 11.4 Å². The summed E-state index contributed by atoms with van der Waals surface area (Å²) in [5.74, 6) is -0.00975. The molecule has 32 heavy (non-hydrogen) atoms. The molecule has 0 spiro atoms. The molecule has 0 unspecified atom stereocenters. The van der Waals surface area contributed by atoms with Gasteiger partial charge in [-0.25, -0.2) is 9.97 Å². The van der Waals surface area contributed by atoms with Crippen molar-refractivity contribution < 1.29 is 17.9 Å². The number of anilines is 3. The molecular formula is C18H25F3N10O. The second kappa shape index (κ2) is 9.34. The van der Waals surface area contributed by atoms with Crippen molar-refractivity contribution in [3.63, 3.8) is 0 Å². The van der Waals surface area contributed by atoms with Crippen LogP contribution in [-0.4, -0.2) is 95.4 Å². The van der Waals surface area contributed by atoms with Gasteiger partial charge in [-0.3, -0.25) is 4.90 Å². The number of nitrogens with two attached hydrogens (primary N) is 2. The number of piperazine rings is 1. The molecule has 4 rings (SSSR count). The first-order valence-electron chi connectivity index (χ1n) is 10.3. The van der Waals surface area contributed by atoms with Gasteiger partial charge in [0.15, 0.2) is 11.5 Å². The van der Waals surface area contributed by atoms with E-state index in [0.717, 1.165) is 25.8 Å². The Labute approximate surface area is 182 Å². The summed E-state index contributed by atoms with van der Waals surface area (Å²) in [5.41, 5.74) is 9.53. The predicted octanol–water partition coefficient (Wildman–Crippen LogP) is -0.153. The van der Waals surface area contributed by atoms with E-state index in [1.165, 1.54) is 0 Å². The zero-order valence-electron chi connectivity index (χ0n) is 17.4. The molecule has 14 heteroatoms. The van der Waals surface area contributed by atoms with Crippen LogP contribution < -0.4 is 21.3 Å². The summed E-state index contributed by atoms with van der Waals surface area (Å²) >= 11 is 0. The molecule has 4 N–H and O–H groups in total. The Morgan fingerprint density at radius 3 is 2.12 bits per heavy atom. The van der Waals surface area contributed by atoms with E-state index in [-0.39, 0.29) is 11.4 Å². The predicted molar refractivity (Wildman–Crippen MR) is 111 cm³/mol. The average molecular weight is 454 g/mol. The van der Waals surface area contributed by atoms with Gasteiger partial charge in [-0.05, 0) is 0 Å². The topological polar surface area (TPSA) is 135 Å². The monoisotopic (exact) mass is 454 g/mol. The fourth-order valence-electron chi connectivity index (χ4n) is 3.65. The van der Waals surface area contributed by atoms with Crippen molar-refractivity contribution in [1.82, 2.24) is 29.8 Å². The molecule has 2 saturated heterocycles. The Bertz CT molecular complexity index is 930. The third kappa shape index (κ3) is 4.97. The van der Waals surface area contributed by atoms with Crippen molar-refractivity contribution in [2.75, 3.05) is 81.1 Å². The van der Waals surface area contributed by atoms with E-state index in [0.29, 0.717) is 57.8 Å². The molecule has 4 heterocycles. The number of ether oxygens (including phenoxy) is 1. The number of hydrogen-bond acceptors (Lipinski definition) is 11. The minimum Gasteiger partial charge on any atom is -0.378 e. The molecule has 0 amide bonds. The summed E-state index contributed by atoms with van der Waals surface area (Å²) in [6.45, 7) is 6.11. The van der Waals surface area contributed by atoms with Crippen LogP contribution in [0.15, 0.2) is 6.20 Å². The van der Waals surface area contributed by atoms with Gasteiger partial charge in [0, 0.05) is 58.6 Å². The molecule has 0 saturated carbocycles. The van der Waals surface area contributed by atoms with Crippen molar-refractivity contribution in [3.05, 3.63) is 11.9 Å². The standard InChI is InChI=1S/C18H25F3N10O/c19-18(20,21)13-12(11-24-15(23)25-13)14-26-16(30-5-3-29(2-1-22)4-6-30)28-17(27-14)31-7-9-32-10-8-31/h11H,1-10,22H2,(H2,23,24,25). The highest BCUT2D eigenvalue weighted by Crippen LogP contribution is 2.35. The molecule has 0 aliphatic carbocycles. The van der Waals surface area contributed by atoms with Gasteiger partial charge in [0.1, 0.15) is 0 Å². The van der Waals surface area contributed by atoms with Gasteiger partial charge in [-0.15, -0.1) is 0 Å². The van der Waals surface area contributed by atoms with Gasteiger partial charge in [0.25, 0.3) is 0 Å². The fraction of sp³-hybridized carbons (Fsp3) is 0.611. The lowest BCUT2D eigenvalue weighted by atomic mass is 10.2. The first-order valence-corrected chi connectivity index (χ1v) is 10.3. The third-order valence-electron chi connectivity index (χ3n) is 5.32. The van der Waals surface area contributed by atoms with Gasteiger partial charge >= 0.3 is 6.18 Å². The van der Waals surface area contributed by atoms with Crippen molar-refractivity contribution in [3.8, 4) is 11.4 Å². The van der Waals surface area contributed by atoms with Crippen LogP contribution >= 0.6 is 0 Å². The van der Waals surface area contributed by atoms with Crippen LogP contribution in [0.2, 0.25) is 0 Å². The van der Waals surface area contributed by atoms with Gasteiger partial charge < -0.3 is 26.0 Å². The lowest BCUT2D eigenvalue weighted by Gasteiger charge is -2.35. The molecule has 0 radical (unpaired) electrons. The zero-order chi connectivity index (χ0) is 22.7. The van der Waals surface area contributed by atoms with Crippen LogP contribution in [0.4, 0.5) is 31.0 Å². The van der Waals surface area contributed by atoms with Crippen molar-refractivity contribution in [2.45, 2.75) is 6.18 Å². The second-order valence-corrected chi connectivity index (χ2v) is 7.46. The molecule has 2 aromatic rings. The highest BCUT2D eigenvalue weighted by atomic mass is 19.4. The Kier molecular flexibility index (Phi) is 6.53. The van der Waals surface area contributed by atoms with Crippen LogP contribution in [0, 0.1) is 0 Å². The fourth-order valence-corrected chi connectivity index (χ4v) is 3.65. The maximum atomic E-state index is 13.7. The SMILES string of the molecule is NCCN1CCN(c2nc(-c3cnc(N)nc3C(F)(F)F)nc(N3CCOCC3)n2)CC1. The van der Waals surface area contributed by atoms with Gasteiger partial charge in [0.2, 0.25) is 17.8 Å². The van der Waals surface area contributed by atoms with E-state index in [2.05, 4.69) is 29.8 Å². The molecule has 174 valence electrons. The quantitative estimate of drug-likeness (QED) is 0.624. The van der Waals surface area contributed by atoms with E-state index >= 15 is 0 Å². The average Bonchev–Trinajstić information content (AvgIpc) is 2.79. The summed E-state index contributed by atoms with van der Waals surface area (Å²) in [4.78, 5) is 26.5. The zero-order valence-corrected chi connectivity index (χ0v) is 17.4. The van der Waals surface area contributed by atoms with E-state index < -0.39 is 17.8 Å². The van der Waals surface area contributed by atoms with Crippen molar-refractivity contribution in [1.29, 1.82) is 0 Å². The molecule has 2 fully saturated rings. The first kappa shape index (κ1) is 22.4. The van der Waals surface area contributed by atoms with E-state index in [1.807, 2.05) is 9.80 Å². The number of nitrogens with zero attached hydrogens (tertiary/aromatic N) is 8. The number of nitrogen functional groups attached to an aromatic ring is 1. The lowest BCUT2D eigenvalue weighted by molar-refractivity contribution is -0.140. The molecule has 0 bridgehead atoms. The van der Waals surface area contributed by atoms with Gasteiger partial charge in [-0.1, -0.05) is 0 Å². The molecule has 0 atom stereocenters. The Morgan fingerprint density at radius 2 is 1.53 bits per heavy atom. The summed E-state index contributed by atoms with van der Waals surface area (Å²) in [7, 11) is 0. The largest absolute Gasteiger partial charge is 0.434 e. The molecular weight excluding hydrogens is 429 g/mol. The Morgan fingerprint density at radius 1 is 0.906 bits per heavy atom. The highest BCUT2D eigenvalue weighted by molar-refractivity contribution is 5.62. The first-order chi connectivity index (χ1) is 15.3. The minimum absolute atomic E-state index is 0.145. The van der Waals surface area contributed by atoms with Crippen LogP contribution in [-0.2, 0) is 10.9 Å². The van der Waals surface area contributed by atoms with Crippen molar-refractivity contribution >= 4 is 17.8 Å². The summed E-state index contributed by atoms with van der Waals surface area (Å²) < 4.78 is 46.4. The number of rotatable bonds is 5. The Balaban J connectivity index is 1.74.